The lowest BCUT2D eigenvalue weighted by molar-refractivity contribution is 0.0757. The molecule has 0 unspecified atom stereocenters. The van der Waals surface area contributed by atoms with Crippen molar-refractivity contribution in [2.75, 3.05) is 13.2 Å². The van der Waals surface area contributed by atoms with Gasteiger partial charge in [-0.3, -0.25) is 4.79 Å². The predicted octanol–water partition coefficient (Wildman–Crippen LogP) is 4.55. The Kier molecular flexibility index (Phi) is 5.83. The molecule has 0 saturated carbocycles. The first kappa shape index (κ1) is 19.9. The third-order valence-electron chi connectivity index (χ3n) is 5.11. The largest absolute Gasteiger partial charge is 0.379 e. The van der Waals surface area contributed by atoms with Gasteiger partial charge in [0.15, 0.2) is 0 Å². The van der Waals surface area contributed by atoms with Gasteiger partial charge in [0.1, 0.15) is 0 Å². The number of hydrogen-bond donors (Lipinski definition) is 1. The maximum Gasteiger partial charge on any atom is 0.261 e. The molecule has 152 valence electrons. The summed E-state index contributed by atoms with van der Waals surface area (Å²) in [5.41, 5.74) is 5.79. The number of nitrogens with zero attached hydrogens (tertiary/aromatic N) is 2. The van der Waals surface area contributed by atoms with Crippen molar-refractivity contribution in [3.05, 3.63) is 58.2 Å². The molecule has 5 nitrogen and oxygen atoms in total. The molecule has 6 heteroatoms. The summed E-state index contributed by atoms with van der Waals surface area (Å²) in [4.78, 5) is 14.6. The number of carbonyl (C=O) groups is 1. The average Bonchev–Trinajstić information content (AvgIpc) is 3.29. The van der Waals surface area contributed by atoms with Crippen LogP contribution in [0.1, 0.15) is 46.9 Å². The van der Waals surface area contributed by atoms with Crippen LogP contribution in [-0.2, 0) is 17.6 Å². The van der Waals surface area contributed by atoms with Crippen molar-refractivity contribution in [1.29, 1.82) is 0 Å². The van der Waals surface area contributed by atoms with Gasteiger partial charge in [-0.2, -0.15) is 5.10 Å². The zero-order valence-corrected chi connectivity index (χ0v) is 18.0. The second-order valence-corrected chi connectivity index (χ2v) is 8.70. The number of amides is 1. The first-order chi connectivity index (χ1) is 14.0. The number of rotatable bonds is 7. The zero-order valence-electron chi connectivity index (χ0n) is 17.2. The van der Waals surface area contributed by atoms with E-state index < -0.39 is 0 Å². The van der Waals surface area contributed by atoms with Crippen LogP contribution in [0.25, 0.3) is 16.1 Å². The van der Waals surface area contributed by atoms with Crippen LogP contribution in [0.5, 0.6) is 0 Å². The maximum atomic E-state index is 12.6. The number of carbonyl (C=O) groups excluding carboxylic acids is 1. The molecule has 1 amide bonds. The molecule has 1 aromatic carbocycles. The Hall–Kier alpha value is -2.44. The minimum atomic E-state index is 0.00333. The lowest BCUT2D eigenvalue weighted by atomic mass is 9.95. The molecule has 1 N–H and O–H groups in total. The average molecular weight is 410 g/mol. The highest BCUT2D eigenvalue weighted by Crippen LogP contribution is 2.42. The number of aromatic nitrogens is 2. The highest BCUT2D eigenvalue weighted by Gasteiger charge is 2.27. The van der Waals surface area contributed by atoms with Crippen molar-refractivity contribution in [3.8, 4) is 16.1 Å². The standard InChI is InChI=1S/C23H27N3O2S/c1-15(2)28-13-7-12-24-23(27)20-14-17-10-11-19-21(22(17)29-20)16(3)25-26(19)18-8-5-4-6-9-18/h4-6,8-9,14-15H,7,10-13H2,1-3H3,(H,24,27). The van der Waals surface area contributed by atoms with Crippen molar-refractivity contribution in [2.24, 2.45) is 0 Å². The smallest absolute Gasteiger partial charge is 0.261 e. The number of ether oxygens (including phenoxy) is 1. The van der Waals surface area contributed by atoms with Gasteiger partial charge in [0.2, 0.25) is 0 Å². The number of nitrogens with one attached hydrogen (secondary N) is 1. The summed E-state index contributed by atoms with van der Waals surface area (Å²) < 4.78 is 7.59. The number of aryl methyl sites for hydroxylation is 2. The molecular weight excluding hydrogens is 382 g/mol. The van der Waals surface area contributed by atoms with E-state index in [4.69, 9.17) is 9.84 Å². The summed E-state index contributed by atoms with van der Waals surface area (Å²) in [5, 5.41) is 7.83. The lowest BCUT2D eigenvalue weighted by Crippen LogP contribution is -2.24. The van der Waals surface area contributed by atoms with Crippen LogP contribution in [-0.4, -0.2) is 34.9 Å². The monoisotopic (exact) mass is 409 g/mol. The van der Waals surface area contributed by atoms with Gasteiger partial charge in [0, 0.05) is 23.6 Å². The van der Waals surface area contributed by atoms with Crippen LogP contribution in [0, 0.1) is 6.92 Å². The summed E-state index contributed by atoms with van der Waals surface area (Å²) in [5.74, 6) is 0.00333. The third kappa shape index (κ3) is 4.14. The summed E-state index contributed by atoms with van der Waals surface area (Å²) in [6, 6.07) is 12.3. The molecule has 0 saturated heterocycles. The summed E-state index contributed by atoms with van der Waals surface area (Å²) in [6.07, 6.45) is 2.92. The molecule has 1 aliphatic carbocycles. The van der Waals surface area contributed by atoms with Crippen LogP contribution in [0.15, 0.2) is 36.4 Å². The fourth-order valence-corrected chi connectivity index (χ4v) is 5.00. The summed E-state index contributed by atoms with van der Waals surface area (Å²) in [6.45, 7) is 7.39. The van der Waals surface area contributed by atoms with E-state index in [-0.39, 0.29) is 12.0 Å². The van der Waals surface area contributed by atoms with Crippen molar-refractivity contribution in [2.45, 2.75) is 46.1 Å². The quantitative estimate of drug-likeness (QED) is 0.582. The number of fused-ring (bicyclic) bond motifs is 3. The normalized spacial score (nSPS) is 12.7. The zero-order chi connectivity index (χ0) is 20.4. The van der Waals surface area contributed by atoms with Gasteiger partial charge in [-0.05, 0) is 63.8 Å². The maximum absolute atomic E-state index is 12.6. The molecule has 0 spiro atoms. The van der Waals surface area contributed by atoms with E-state index in [0.717, 1.165) is 35.5 Å². The van der Waals surface area contributed by atoms with Crippen molar-refractivity contribution in [3.63, 3.8) is 0 Å². The molecule has 2 heterocycles. The van der Waals surface area contributed by atoms with E-state index >= 15 is 0 Å². The Labute approximate surface area is 175 Å². The van der Waals surface area contributed by atoms with Gasteiger partial charge >= 0.3 is 0 Å². The highest BCUT2D eigenvalue weighted by atomic mass is 32.1. The minimum Gasteiger partial charge on any atom is -0.379 e. The van der Waals surface area contributed by atoms with Crippen molar-refractivity contribution in [1.82, 2.24) is 15.1 Å². The van der Waals surface area contributed by atoms with E-state index in [1.165, 1.54) is 21.7 Å². The van der Waals surface area contributed by atoms with E-state index in [9.17, 15) is 4.79 Å². The van der Waals surface area contributed by atoms with Gasteiger partial charge in [-0.15, -0.1) is 11.3 Å². The lowest BCUT2D eigenvalue weighted by Gasteiger charge is -2.14. The first-order valence-corrected chi connectivity index (χ1v) is 11.0. The van der Waals surface area contributed by atoms with Gasteiger partial charge in [-0.1, -0.05) is 18.2 Å². The SMILES string of the molecule is Cc1nn(-c2ccccc2)c2c1-c1sc(C(=O)NCCCOC(C)C)cc1CC2. The van der Waals surface area contributed by atoms with Crippen LogP contribution in [0.3, 0.4) is 0 Å². The minimum absolute atomic E-state index is 0.00333. The molecule has 1 aliphatic rings. The van der Waals surface area contributed by atoms with Crippen molar-refractivity contribution >= 4 is 17.2 Å². The number of thiophene rings is 1. The Bertz CT molecular complexity index is 1000. The molecule has 0 atom stereocenters. The van der Waals surface area contributed by atoms with Crippen LogP contribution < -0.4 is 5.32 Å². The van der Waals surface area contributed by atoms with Crippen LogP contribution >= 0.6 is 11.3 Å². The third-order valence-corrected chi connectivity index (χ3v) is 6.30. The van der Waals surface area contributed by atoms with E-state index in [0.29, 0.717) is 13.2 Å². The summed E-state index contributed by atoms with van der Waals surface area (Å²) >= 11 is 1.58. The Balaban J connectivity index is 1.53. The number of benzene rings is 1. The molecule has 29 heavy (non-hydrogen) atoms. The second-order valence-electron chi connectivity index (χ2n) is 7.65. The molecule has 3 aromatic rings. The number of hydrogen-bond acceptors (Lipinski definition) is 4. The van der Waals surface area contributed by atoms with Gasteiger partial charge in [-0.25, -0.2) is 4.68 Å². The molecule has 0 aliphatic heterocycles. The van der Waals surface area contributed by atoms with Crippen LogP contribution in [0.2, 0.25) is 0 Å². The molecule has 0 fully saturated rings. The van der Waals surface area contributed by atoms with Gasteiger partial charge in [0.25, 0.3) is 5.91 Å². The van der Waals surface area contributed by atoms with E-state index in [1.807, 2.05) is 32.0 Å². The van der Waals surface area contributed by atoms with Crippen molar-refractivity contribution < 1.29 is 9.53 Å². The Morgan fingerprint density at radius 1 is 1.28 bits per heavy atom. The first-order valence-electron chi connectivity index (χ1n) is 10.2. The molecule has 0 bridgehead atoms. The molecular formula is C23H27N3O2S. The fraction of sp³-hybridized carbons (Fsp3) is 0.391. The topological polar surface area (TPSA) is 56.2 Å². The molecule has 2 aromatic heterocycles. The van der Waals surface area contributed by atoms with Gasteiger partial charge in [0.05, 0.1) is 28.1 Å². The molecule has 4 rings (SSSR count). The molecule has 0 radical (unpaired) electrons. The Morgan fingerprint density at radius 2 is 2.07 bits per heavy atom. The fourth-order valence-electron chi connectivity index (χ4n) is 3.76. The predicted molar refractivity (Wildman–Crippen MR) is 117 cm³/mol. The highest BCUT2D eigenvalue weighted by molar-refractivity contribution is 7.17. The van der Waals surface area contributed by atoms with Gasteiger partial charge < -0.3 is 10.1 Å². The summed E-state index contributed by atoms with van der Waals surface area (Å²) in [7, 11) is 0. The van der Waals surface area contributed by atoms with Crippen LogP contribution in [0.4, 0.5) is 0 Å². The van der Waals surface area contributed by atoms with E-state index in [1.54, 1.807) is 11.3 Å². The Morgan fingerprint density at radius 3 is 2.83 bits per heavy atom. The van der Waals surface area contributed by atoms with E-state index in [2.05, 4.69) is 35.1 Å². The second kappa shape index (κ2) is 8.51. The number of para-hydroxylation sites is 1.